The second kappa shape index (κ2) is 7.61. The molecular weight excluding hydrogens is 452 g/mol. The van der Waals surface area contributed by atoms with Crippen LogP contribution in [0.15, 0.2) is 45.3 Å². The van der Waals surface area contributed by atoms with E-state index >= 15 is 0 Å². The molecule has 4 fully saturated rings. The van der Waals surface area contributed by atoms with Gasteiger partial charge in [-0.1, -0.05) is 23.4 Å². The van der Waals surface area contributed by atoms with Crippen LogP contribution in [0.5, 0.6) is 5.75 Å². The minimum absolute atomic E-state index is 0.0288. The highest BCUT2D eigenvalue weighted by Crippen LogP contribution is 2.67. The van der Waals surface area contributed by atoms with Gasteiger partial charge in [0.15, 0.2) is 0 Å². The number of anilines is 1. The molecule has 2 aromatic carbocycles. The van der Waals surface area contributed by atoms with Crippen molar-refractivity contribution in [3.8, 4) is 5.75 Å². The fourth-order valence-electron chi connectivity index (χ4n) is 8.74. The Labute approximate surface area is 210 Å². The number of nitrogens with one attached hydrogen (secondary N) is 1. The van der Waals surface area contributed by atoms with E-state index in [4.69, 9.17) is 13.7 Å². The number of para-hydroxylation sites is 1. The molecule has 0 spiro atoms. The van der Waals surface area contributed by atoms with Gasteiger partial charge >= 0.3 is 0 Å². The molecule has 4 aliphatic carbocycles. The minimum atomic E-state index is 0.0288. The molecular formula is C30H32N2O4. The van der Waals surface area contributed by atoms with Crippen LogP contribution in [-0.2, 0) is 10.2 Å². The highest BCUT2D eigenvalue weighted by atomic mass is 16.5. The van der Waals surface area contributed by atoms with Gasteiger partial charge in [-0.05, 0) is 81.8 Å². The molecule has 4 aliphatic rings. The number of fused-ring (bicyclic) bond motifs is 3. The van der Waals surface area contributed by atoms with Crippen LogP contribution in [0.4, 0.5) is 5.69 Å². The smallest absolute Gasteiger partial charge is 0.225 e. The van der Waals surface area contributed by atoms with Crippen molar-refractivity contribution in [2.45, 2.75) is 64.2 Å². The van der Waals surface area contributed by atoms with Crippen molar-refractivity contribution in [1.82, 2.24) is 5.16 Å². The lowest BCUT2D eigenvalue weighted by atomic mass is 9.42. The number of hydrogen-bond acceptors (Lipinski definition) is 5. The van der Waals surface area contributed by atoms with E-state index in [1.807, 2.05) is 43.3 Å². The van der Waals surface area contributed by atoms with Gasteiger partial charge in [-0.3, -0.25) is 4.79 Å². The fraction of sp³-hybridized carbons (Fsp3) is 0.467. The molecule has 1 amide bonds. The summed E-state index contributed by atoms with van der Waals surface area (Å²) in [6.07, 6.45) is 7.56. The van der Waals surface area contributed by atoms with E-state index in [9.17, 15) is 4.79 Å². The molecule has 8 rings (SSSR count). The first-order valence-electron chi connectivity index (χ1n) is 13.1. The summed E-state index contributed by atoms with van der Waals surface area (Å²) in [5.74, 6) is 3.01. The number of nitrogens with zero attached hydrogens (tertiary/aromatic N) is 1. The fourth-order valence-corrected chi connectivity index (χ4v) is 8.74. The van der Waals surface area contributed by atoms with Gasteiger partial charge in [-0.2, -0.15) is 0 Å². The molecule has 4 bridgehead atoms. The van der Waals surface area contributed by atoms with Gasteiger partial charge in [0.1, 0.15) is 22.7 Å². The summed E-state index contributed by atoms with van der Waals surface area (Å²) in [7, 11) is 1.64. The van der Waals surface area contributed by atoms with Crippen molar-refractivity contribution in [3.63, 3.8) is 0 Å². The lowest BCUT2D eigenvalue weighted by Gasteiger charge is -2.62. The van der Waals surface area contributed by atoms with E-state index in [1.54, 1.807) is 7.11 Å². The van der Waals surface area contributed by atoms with Crippen LogP contribution < -0.4 is 10.1 Å². The number of ether oxygens (including phenoxy) is 1. The number of aromatic nitrogens is 1. The maximum absolute atomic E-state index is 13.6. The Morgan fingerprint density at radius 1 is 1.08 bits per heavy atom. The van der Waals surface area contributed by atoms with Crippen molar-refractivity contribution < 1.29 is 18.5 Å². The number of aryl methyl sites for hydroxylation is 2. The van der Waals surface area contributed by atoms with Gasteiger partial charge in [0, 0.05) is 34.2 Å². The zero-order chi connectivity index (χ0) is 24.7. The number of amides is 1. The van der Waals surface area contributed by atoms with E-state index in [1.165, 1.54) is 24.8 Å². The molecule has 0 aliphatic heterocycles. The second-order valence-electron chi connectivity index (χ2n) is 11.8. The molecule has 4 aromatic rings. The third-order valence-electron chi connectivity index (χ3n) is 9.25. The van der Waals surface area contributed by atoms with Gasteiger partial charge in [0.05, 0.1) is 18.5 Å². The molecule has 2 heterocycles. The Morgan fingerprint density at radius 3 is 2.58 bits per heavy atom. The van der Waals surface area contributed by atoms with Crippen LogP contribution in [-0.4, -0.2) is 18.2 Å². The van der Waals surface area contributed by atoms with Crippen LogP contribution in [0, 0.1) is 31.1 Å². The SMILES string of the molecule is COc1cc2c(cc1NC(=O)CC13CC4CC(C1)CC(c1c(C)noc1C)(C4)C3)oc1ccccc12. The average Bonchev–Trinajstić information content (AvgIpc) is 3.35. The van der Waals surface area contributed by atoms with E-state index in [0.29, 0.717) is 29.7 Å². The Balaban J connectivity index is 1.19. The molecule has 2 unspecified atom stereocenters. The topological polar surface area (TPSA) is 77.5 Å². The van der Waals surface area contributed by atoms with E-state index in [-0.39, 0.29) is 16.7 Å². The van der Waals surface area contributed by atoms with Gasteiger partial charge in [-0.25, -0.2) is 0 Å². The summed E-state index contributed by atoms with van der Waals surface area (Å²) in [5, 5.41) is 9.52. The van der Waals surface area contributed by atoms with Gasteiger partial charge < -0.3 is 19.0 Å². The third-order valence-corrected chi connectivity index (χ3v) is 9.25. The van der Waals surface area contributed by atoms with Crippen LogP contribution >= 0.6 is 0 Å². The molecule has 2 atom stereocenters. The maximum Gasteiger partial charge on any atom is 0.225 e. The van der Waals surface area contributed by atoms with Gasteiger partial charge in [0.2, 0.25) is 5.91 Å². The van der Waals surface area contributed by atoms with Crippen molar-refractivity contribution >= 4 is 33.5 Å². The molecule has 36 heavy (non-hydrogen) atoms. The lowest BCUT2D eigenvalue weighted by Crippen LogP contribution is -2.55. The largest absolute Gasteiger partial charge is 0.495 e. The summed E-state index contributed by atoms with van der Waals surface area (Å²) >= 11 is 0. The monoisotopic (exact) mass is 484 g/mol. The predicted molar refractivity (Wildman–Crippen MR) is 138 cm³/mol. The zero-order valence-corrected chi connectivity index (χ0v) is 21.1. The average molecular weight is 485 g/mol. The standard InChI is InChI=1S/C30H32N2O4/c1-17-28(18(2)36-32-17)30-13-19-8-20(14-30)12-29(11-19,16-30)15-27(33)31-23-10-25-22(9-26(23)34-3)21-6-4-5-7-24(21)35-25/h4-7,9-10,19-20H,8,11-16H2,1-3H3,(H,31,33). The molecule has 1 N–H and O–H groups in total. The van der Waals surface area contributed by atoms with Crippen molar-refractivity contribution in [2.75, 3.05) is 12.4 Å². The molecule has 0 saturated heterocycles. The summed E-state index contributed by atoms with van der Waals surface area (Å²) in [4.78, 5) is 13.6. The summed E-state index contributed by atoms with van der Waals surface area (Å²) in [6.45, 7) is 4.12. The Morgan fingerprint density at radius 2 is 1.86 bits per heavy atom. The molecule has 4 saturated carbocycles. The maximum atomic E-state index is 13.6. The number of carbonyl (C=O) groups excluding carboxylic acids is 1. The number of hydrogen-bond donors (Lipinski definition) is 1. The van der Waals surface area contributed by atoms with Crippen LogP contribution in [0.25, 0.3) is 21.9 Å². The number of furan rings is 1. The second-order valence-corrected chi connectivity index (χ2v) is 11.8. The quantitative estimate of drug-likeness (QED) is 0.328. The number of methoxy groups -OCH3 is 1. The van der Waals surface area contributed by atoms with Crippen molar-refractivity contribution in [3.05, 3.63) is 53.4 Å². The Kier molecular flexibility index (Phi) is 4.64. The Bertz CT molecular complexity index is 1480. The molecule has 186 valence electrons. The van der Waals surface area contributed by atoms with Gasteiger partial charge in [-0.15, -0.1) is 0 Å². The van der Waals surface area contributed by atoms with Crippen molar-refractivity contribution in [2.24, 2.45) is 17.3 Å². The van der Waals surface area contributed by atoms with E-state index < -0.39 is 0 Å². The zero-order valence-electron chi connectivity index (χ0n) is 21.1. The number of benzene rings is 2. The summed E-state index contributed by atoms with van der Waals surface area (Å²) in [5.41, 5.74) is 4.72. The van der Waals surface area contributed by atoms with Gasteiger partial charge in [0.25, 0.3) is 0 Å². The molecule has 0 radical (unpaired) electrons. The summed E-state index contributed by atoms with van der Waals surface area (Å²) in [6, 6.07) is 11.8. The van der Waals surface area contributed by atoms with Crippen LogP contribution in [0.1, 0.15) is 62.0 Å². The number of rotatable bonds is 5. The molecule has 6 nitrogen and oxygen atoms in total. The Hall–Kier alpha value is -3.28. The first kappa shape index (κ1) is 22.0. The first-order chi connectivity index (χ1) is 17.4. The highest BCUT2D eigenvalue weighted by Gasteiger charge is 2.59. The number of carbonyl (C=O) groups is 1. The van der Waals surface area contributed by atoms with E-state index in [2.05, 4.69) is 17.4 Å². The first-order valence-corrected chi connectivity index (χ1v) is 13.1. The highest BCUT2D eigenvalue weighted by molar-refractivity contribution is 6.07. The lowest BCUT2D eigenvalue weighted by molar-refractivity contribution is -0.126. The van der Waals surface area contributed by atoms with Crippen molar-refractivity contribution in [1.29, 1.82) is 0 Å². The third kappa shape index (κ3) is 3.23. The minimum Gasteiger partial charge on any atom is -0.495 e. The molecule has 2 aromatic heterocycles. The normalized spacial score (nSPS) is 28.8. The summed E-state index contributed by atoms with van der Waals surface area (Å²) < 4.78 is 17.4. The van der Waals surface area contributed by atoms with Crippen LogP contribution in [0.2, 0.25) is 0 Å². The predicted octanol–water partition coefficient (Wildman–Crippen LogP) is 7.07. The van der Waals surface area contributed by atoms with E-state index in [0.717, 1.165) is 52.7 Å². The molecule has 6 heteroatoms. The van der Waals surface area contributed by atoms with Crippen LogP contribution in [0.3, 0.4) is 0 Å².